The van der Waals surface area contributed by atoms with Gasteiger partial charge in [0.25, 0.3) is 5.56 Å². The van der Waals surface area contributed by atoms with Gasteiger partial charge in [0.1, 0.15) is 0 Å². The first-order valence-corrected chi connectivity index (χ1v) is 12.1. The van der Waals surface area contributed by atoms with Crippen LogP contribution >= 0.6 is 0 Å². The summed E-state index contributed by atoms with van der Waals surface area (Å²) in [6.07, 6.45) is 0. The Morgan fingerprint density at radius 3 is 2.46 bits per heavy atom. The van der Waals surface area contributed by atoms with E-state index in [1.54, 1.807) is 25.3 Å². The number of morpholine rings is 1. The summed E-state index contributed by atoms with van der Waals surface area (Å²) in [7, 11) is 3.66. The fourth-order valence-electron chi connectivity index (χ4n) is 5.91. The van der Waals surface area contributed by atoms with Crippen LogP contribution in [0, 0.1) is 11.8 Å². The Labute approximate surface area is 204 Å². The molecule has 1 N–H and O–H groups in total. The van der Waals surface area contributed by atoms with Gasteiger partial charge in [-0.2, -0.15) is 0 Å². The average Bonchev–Trinajstić information content (AvgIpc) is 3.11. The molecule has 9 nitrogen and oxygen atoms in total. The molecule has 1 aromatic heterocycles. The Bertz CT molecular complexity index is 1160. The van der Waals surface area contributed by atoms with Crippen molar-refractivity contribution < 1.29 is 19.4 Å². The summed E-state index contributed by atoms with van der Waals surface area (Å²) in [6.45, 7) is 2.11. The van der Waals surface area contributed by atoms with Crippen molar-refractivity contribution in [3.63, 3.8) is 0 Å². The van der Waals surface area contributed by atoms with E-state index < -0.39 is 23.9 Å². The lowest BCUT2D eigenvalue weighted by Gasteiger charge is -2.39. The lowest BCUT2D eigenvalue weighted by atomic mass is 9.86. The molecule has 0 radical (unpaired) electrons. The highest BCUT2D eigenvalue weighted by atomic mass is 16.5. The molecule has 4 atom stereocenters. The molecule has 0 spiro atoms. The molecule has 4 heterocycles. The molecule has 3 aliphatic rings. The Morgan fingerprint density at radius 2 is 1.80 bits per heavy atom. The maximum absolute atomic E-state index is 13.8. The normalized spacial score (nSPS) is 25.6. The van der Waals surface area contributed by atoms with Crippen LogP contribution in [0.25, 0.3) is 11.1 Å². The van der Waals surface area contributed by atoms with Crippen molar-refractivity contribution in [2.75, 3.05) is 53.6 Å². The number of aromatic nitrogens is 1. The van der Waals surface area contributed by atoms with Gasteiger partial charge in [-0.3, -0.25) is 14.4 Å². The largest absolute Gasteiger partial charge is 0.396 e. The number of rotatable bonds is 5. The zero-order valence-electron chi connectivity index (χ0n) is 20.2. The number of fused-ring (bicyclic) bond motifs is 4. The van der Waals surface area contributed by atoms with E-state index in [1.807, 2.05) is 50.5 Å². The number of pyridine rings is 1. The monoisotopic (exact) mass is 480 g/mol. The number of amides is 2. The molecule has 1 aromatic carbocycles. The second kappa shape index (κ2) is 9.56. The molecule has 35 heavy (non-hydrogen) atoms. The van der Waals surface area contributed by atoms with Crippen molar-refractivity contribution in [1.29, 1.82) is 0 Å². The second-order valence-electron chi connectivity index (χ2n) is 9.81. The Morgan fingerprint density at radius 1 is 1.09 bits per heavy atom. The van der Waals surface area contributed by atoms with Crippen LogP contribution in [-0.2, 0) is 20.9 Å². The maximum atomic E-state index is 13.8. The summed E-state index contributed by atoms with van der Waals surface area (Å²) in [5, 5.41) is 10.5. The van der Waals surface area contributed by atoms with Gasteiger partial charge in [0.05, 0.1) is 37.8 Å². The molecule has 2 amide bonds. The van der Waals surface area contributed by atoms with Gasteiger partial charge in [0.15, 0.2) is 0 Å². The fraction of sp³-hybridized carbons (Fsp3) is 0.500. The summed E-state index contributed by atoms with van der Waals surface area (Å²) >= 11 is 0. The van der Waals surface area contributed by atoms with Crippen molar-refractivity contribution in [2.45, 2.75) is 18.6 Å². The van der Waals surface area contributed by atoms with Crippen LogP contribution in [0.5, 0.6) is 0 Å². The molecule has 2 saturated heterocycles. The van der Waals surface area contributed by atoms with Gasteiger partial charge in [-0.05, 0) is 31.8 Å². The van der Waals surface area contributed by atoms with Gasteiger partial charge >= 0.3 is 0 Å². The van der Waals surface area contributed by atoms with Crippen molar-refractivity contribution in [3.05, 3.63) is 58.5 Å². The molecule has 2 bridgehead atoms. The van der Waals surface area contributed by atoms with Crippen LogP contribution in [0.1, 0.15) is 11.7 Å². The van der Waals surface area contributed by atoms with Gasteiger partial charge < -0.3 is 29.1 Å². The van der Waals surface area contributed by atoms with E-state index in [1.165, 1.54) is 0 Å². The Kier molecular flexibility index (Phi) is 6.48. The number of benzene rings is 1. The highest BCUT2D eigenvalue weighted by Crippen LogP contribution is 2.49. The van der Waals surface area contributed by atoms with E-state index >= 15 is 0 Å². The molecule has 5 rings (SSSR count). The Hall–Kier alpha value is -3.01. The van der Waals surface area contributed by atoms with E-state index in [-0.39, 0.29) is 37.1 Å². The summed E-state index contributed by atoms with van der Waals surface area (Å²) in [4.78, 5) is 46.2. The van der Waals surface area contributed by atoms with Crippen LogP contribution in [-0.4, -0.2) is 95.8 Å². The zero-order chi connectivity index (χ0) is 24.7. The van der Waals surface area contributed by atoms with Crippen molar-refractivity contribution in [1.82, 2.24) is 19.3 Å². The third-order valence-electron chi connectivity index (χ3n) is 7.48. The summed E-state index contributed by atoms with van der Waals surface area (Å²) in [6, 6.07) is 12.1. The molecular weight excluding hydrogens is 448 g/mol. The van der Waals surface area contributed by atoms with Gasteiger partial charge in [-0.1, -0.05) is 30.3 Å². The Balaban J connectivity index is 1.62. The minimum Gasteiger partial charge on any atom is -0.396 e. The standard InChI is InChI=1S/C26H32N4O5/c1-27(2)15-22(32)30-21-14-29-20(9-8-18(25(29)33)17-6-4-3-5-7-17)24(30)23(19(21)16-31)26(34)28-10-12-35-13-11-28/h3-9,19,21,23-24,31H,10-16H2,1-2H3/t19-,21-,23+,24+/m0/s1. The number of aliphatic hydroxyl groups excluding tert-OH is 1. The van der Waals surface area contributed by atoms with Crippen LogP contribution in [0.2, 0.25) is 0 Å². The lowest BCUT2D eigenvalue weighted by Crippen LogP contribution is -2.51. The number of hydrogen-bond donors (Lipinski definition) is 1. The average molecular weight is 481 g/mol. The molecule has 186 valence electrons. The number of ether oxygens (including phenoxy) is 1. The highest BCUT2D eigenvalue weighted by Gasteiger charge is 2.58. The molecule has 2 fully saturated rings. The predicted molar refractivity (Wildman–Crippen MR) is 130 cm³/mol. The minimum atomic E-state index is -0.620. The van der Waals surface area contributed by atoms with Gasteiger partial charge in [0.2, 0.25) is 11.8 Å². The van der Waals surface area contributed by atoms with E-state index in [0.717, 1.165) is 5.56 Å². The quantitative estimate of drug-likeness (QED) is 0.667. The molecule has 3 aliphatic heterocycles. The highest BCUT2D eigenvalue weighted by molar-refractivity contribution is 5.85. The number of carbonyl (C=O) groups is 2. The molecule has 9 heteroatoms. The number of hydrogen-bond acceptors (Lipinski definition) is 6. The number of nitrogens with zero attached hydrogens (tertiary/aromatic N) is 4. The van der Waals surface area contributed by atoms with E-state index in [4.69, 9.17) is 4.74 Å². The van der Waals surface area contributed by atoms with E-state index in [0.29, 0.717) is 37.6 Å². The van der Waals surface area contributed by atoms with Crippen molar-refractivity contribution in [3.8, 4) is 11.1 Å². The zero-order valence-corrected chi connectivity index (χ0v) is 20.2. The first-order chi connectivity index (χ1) is 16.9. The third kappa shape index (κ3) is 4.07. The number of carbonyl (C=O) groups excluding carboxylic acids is 2. The van der Waals surface area contributed by atoms with Crippen molar-refractivity contribution in [2.24, 2.45) is 11.8 Å². The maximum Gasteiger partial charge on any atom is 0.258 e. The van der Waals surface area contributed by atoms with Crippen LogP contribution in [0.15, 0.2) is 47.3 Å². The summed E-state index contributed by atoms with van der Waals surface area (Å²) in [5.41, 5.74) is 1.92. The first-order valence-electron chi connectivity index (χ1n) is 12.1. The van der Waals surface area contributed by atoms with Crippen LogP contribution in [0.3, 0.4) is 0 Å². The van der Waals surface area contributed by atoms with Crippen LogP contribution in [0.4, 0.5) is 0 Å². The molecular formula is C26H32N4O5. The number of likely N-dealkylation sites (N-methyl/N-ethyl adjacent to an activating group) is 1. The summed E-state index contributed by atoms with van der Waals surface area (Å²) < 4.78 is 7.14. The molecule has 0 aliphatic carbocycles. The van der Waals surface area contributed by atoms with Gasteiger partial charge in [-0.15, -0.1) is 0 Å². The predicted octanol–water partition coefficient (Wildman–Crippen LogP) is 0.426. The van der Waals surface area contributed by atoms with Gasteiger partial charge in [0, 0.05) is 43.4 Å². The van der Waals surface area contributed by atoms with Gasteiger partial charge in [-0.25, -0.2) is 0 Å². The summed E-state index contributed by atoms with van der Waals surface area (Å²) in [5.74, 6) is -1.27. The topological polar surface area (TPSA) is 95.3 Å². The van der Waals surface area contributed by atoms with Crippen LogP contribution < -0.4 is 5.56 Å². The van der Waals surface area contributed by atoms with E-state index in [9.17, 15) is 19.5 Å². The van der Waals surface area contributed by atoms with E-state index in [2.05, 4.69) is 0 Å². The SMILES string of the molecule is CN(C)CC(=O)N1[C@@H]2c3ccc(-c4ccccc4)c(=O)n3C[C@H]1[C@H](CO)[C@H]2C(=O)N1CCOCC1. The molecule has 2 aromatic rings. The lowest BCUT2D eigenvalue weighted by molar-refractivity contribution is -0.143. The smallest absolute Gasteiger partial charge is 0.258 e. The fourth-order valence-corrected chi connectivity index (χ4v) is 5.91. The molecule has 0 unspecified atom stereocenters. The third-order valence-corrected chi connectivity index (χ3v) is 7.48. The number of aliphatic hydroxyl groups is 1. The first kappa shape index (κ1) is 23.7. The second-order valence-corrected chi connectivity index (χ2v) is 9.81. The van der Waals surface area contributed by atoms with Crippen molar-refractivity contribution >= 4 is 11.8 Å². The minimum absolute atomic E-state index is 0.0875. The molecule has 0 saturated carbocycles.